The van der Waals surface area contributed by atoms with Gasteiger partial charge < -0.3 is 24.7 Å². The molecule has 2 aliphatic carbocycles. The van der Waals surface area contributed by atoms with Gasteiger partial charge in [-0.3, -0.25) is 9.36 Å². The molecule has 2 N–H and O–H groups in total. The maximum absolute atomic E-state index is 15.2. The number of benzene rings is 1. The normalized spacial score (nSPS) is 21.7. The topological polar surface area (TPSA) is 106 Å². The minimum absolute atomic E-state index is 0.0185. The van der Waals surface area contributed by atoms with Gasteiger partial charge in [0.25, 0.3) is 11.9 Å². The first-order valence-corrected chi connectivity index (χ1v) is 11.7. The molecule has 0 radical (unpaired) electrons. The van der Waals surface area contributed by atoms with Crippen molar-refractivity contribution in [3.63, 3.8) is 0 Å². The highest BCUT2D eigenvalue weighted by Gasteiger charge is 2.30. The van der Waals surface area contributed by atoms with E-state index in [9.17, 15) is 9.59 Å². The summed E-state index contributed by atoms with van der Waals surface area (Å²) in [5, 5.41) is 0. The van der Waals surface area contributed by atoms with Gasteiger partial charge in [-0.1, -0.05) is 6.92 Å². The average molecular weight is 462 g/mol. The molecule has 180 valence electrons. The summed E-state index contributed by atoms with van der Waals surface area (Å²) < 4.78 is 34.5. The lowest BCUT2D eigenvalue weighted by Crippen LogP contribution is -2.30. The van der Waals surface area contributed by atoms with Crippen molar-refractivity contribution < 1.29 is 28.2 Å². The van der Waals surface area contributed by atoms with Crippen LogP contribution in [0.2, 0.25) is 0 Å². The molecule has 33 heavy (non-hydrogen) atoms. The molecule has 2 aromatic rings. The molecule has 2 fully saturated rings. The monoisotopic (exact) mass is 461 g/mol. The Morgan fingerprint density at radius 2 is 1.76 bits per heavy atom. The zero-order chi connectivity index (χ0) is 23.7. The Labute approximate surface area is 192 Å². The van der Waals surface area contributed by atoms with Gasteiger partial charge in [0.15, 0.2) is 11.6 Å². The van der Waals surface area contributed by atoms with Gasteiger partial charge in [-0.25, -0.2) is 4.39 Å². The number of hydrogen-bond donors (Lipinski definition) is 1. The number of halogens is 1. The molecule has 0 bridgehead atoms. The van der Waals surface area contributed by atoms with E-state index in [2.05, 4.69) is 4.98 Å². The van der Waals surface area contributed by atoms with Crippen molar-refractivity contribution >= 4 is 22.7 Å². The van der Waals surface area contributed by atoms with Crippen LogP contribution in [0.25, 0.3) is 11.0 Å². The van der Waals surface area contributed by atoms with E-state index >= 15 is 4.39 Å². The summed E-state index contributed by atoms with van der Waals surface area (Å²) in [5.41, 5.74) is 5.98. The average Bonchev–Trinajstić information content (AvgIpc) is 3.51. The minimum Gasteiger partial charge on any atom is -0.487 e. The smallest absolute Gasteiger partial charge is 0.297 e. The predicted molar refractivity (Wildman–Crippen MR) is 120 cm³/mol. The molecule has 1 atom stereocenters. The van der Waals surface area contributed by atoms with Crippen molar-refractivity contribution in [2.24, 2.45) is 18.7 Å². The van der Waals surface area contributed by atoms with Crippen LogP contribution in [-0.4, -0.2) is 46.2 Å². The number of hydrogen-bond acceptors (Lipinski definition) is 6. The maximum atomic E-state index is 15.2. The SMILES string of the molecule is CC(=O)C[C@@H](C)COC1CCC(Oc2nc3c(C(N)=O)cc(OC4CC4)c(F)c3n2C)CC1. The zero-order valence-corrected chi connectivity index (χ0v) is 19.4. The standard InChI is InChI=1S/C24H32FN3O5/c1-13(10-14(2)29)12-31-15-4-6-17(7-5-15)33-24-27-21-18(23(26)30)11-19(32-16-8-9-16)20(25)22(21)28(24)3/h11,13,15-17H,4-10,12H2,1-3H3,(H2,26,30)/t13-,15?,17?/m1/s1. The molecule has 2 saturated carbocycles. The summed E-state index contributed by atoms with van der Waals surface area (Å²) in [6.07, 6.45) is 5.51. The summed E-state index contributed by atoms with van der Waals surface area (Å²) in [4.78, 5) is 27.7. The third-order valence-corrected chi connectivity index (χ3v) is 6.24. The van der Waals surface area contributed by atoms with Crippen molar-refractivity contribution in [3.8, 4) is 11.8 Å². The predicted octanol–water partition coefficient (Wildman–Crippen LogP) is 3.67. The van der Waals surface area contributed by atoms with Crippen LogP contribution in [0, 0.1) is 11.7 Å². The van der Waals surface area contributed by atoms with E-state index in [0.717, 1.165) is 38.5 Å². The summed E-state index contributed by atoms with van der Waals surface area (Å²) in [6, 6.07) is 1.58. The van der Waals surface area contributed by atoms with Crippen molar-refractivity contribution in [1.29, 1.82) is 0 Å². The highest BCUT2D eigenvalue weighted by molar-refractivity contribution is 6.05. The van der Waals surface area contributed by atoms with Gasteiger partial charge in [0.1, 0.15) is 22.9 Å². The molecular weight excluding hydrogens is 429 g/mol. The number of carbonyl (C=O) groups excluding carboxylic acids is 2. The third kappa shape index (κ3) is 5.46. The molecule has 9 heteroatoms. The molecule has 0 spiro atoms. The Kier molecular flexibility index (Phi) is 6.88. The van der Waals surface area contributed by atoms with Crippen molar-refractivity contribution in [3.05, 3.63) is 17.4 Å². The Bertz CT molecular complexity index is 1040. The second-order valence-electron chi connectivity index (χ2n) is 9.43. The fraction of sp³-hybridized carbons (Fsp3) is 0.625. The Morgan fingerprint density at radius 3 is 2.36 bits per heavy atom. The first-order valence-electron chi connectivity index (χ1n) is 11.7. The largest absolute Gasteiger partial charge is 0.487 e. The lowest BCUT2D eigenvalue weighted by Gasteiger charge is -2.29. The Balaban J connectivity index is 1.43. The number of carbonyl (C=O) groups is 2. The van der Waals surface area contributed by atoms with Gasteiger partial charge in [-0.05, 0) is 57.4 Å². The number of fused-ring (bicyclic) bond motifs is 1. The highest BCUT2D eigenvalue weighted by Crippen LogP contribution is 2.36. The van der Waals surface area contributed by atoms with Crippen LogP contribution >= 0.6 is 0 Å². The quantitative estimate of drug-likeness (QED) is 0.579. The molecule has 1 heterocycles. The summed E-state index contributed by atoms with van der Waals surface area (Å²) >= 11 is 0. The first-order chi connectivity index (χ1) is 15.7. The Morgan fingerprint density at radius 1 is 1.15 bits per heavy atom. The van der Waals surface area contributed by atoms with Gasteiger partial charge in [0.05, 0.1) is 17.8 Å². The molecular formula is C24H32FN3O5. The number of amides is 1. The number of nitrogens with two attached hydrogens (primary N) is 1. The van der Waals surface area contributed by atoms with Crippen LogP contribution in [0.3, 0.4) is 0 Å². The second-order valence-corrected chi connectivity index (χ2v) is 9.43. The lowest BCUT2D eigenvalue weighted by molar-refractivity contribution is -0.118. The third-order valence-electron chi connectivity index (χ3n) is 6.24. The summed E-state index contributed by atoms with van der Waals surface area (Å²) in [7, 11) is 1.66. The fourth-order valence-corrected chi connectivity index (χ4v) is 4.36. The van der Waals surface area contributed by atoms with E-state index < -0.39 is 11.7 Å². The van der Waals surface area contributed by atoms with E-state index in [1.807, 2.05) is 6.92 Å². The molecule has 4 rings (SSSR count). The van der Waals surface area contributed by atoms with Crippen molar-refractivity contribution in [2.75, 3.05) is 6.61 Å². The van der Waals surface area contributed by atoms with E-state index in [0.29, 0.717) is 13.0 Å². The van der Waals surface area contributed by atoms with E-state index in [1.54, 1.807) is 14.0 Å². The molecule has 1 aromatic heterocycles. The number of primary amides is 1. The van der Waals surface area contributed by atoms with E-state index in [-0.39, 0.29) is 58.4 Å². The number of rotatable bonds is 10. The second kappa shape index (κ2) is 9.67. The molecule has 1 amide bonds. The first kappa shape index (κ1) is 23.5. The number of nitrogens with zero attached hydrogens (tertiary/aromatic N) is 2. The van der Waals surface area contributed by atoms with Crippen LogP contribution in [0.1, 0.15) is 69.2 Å². The van der Waals surface area contributed by atoms with Gasteiger partial charge in [0.2, 0.25) is 0 Å². The van der Waals surface area contributed by atoms with Crippen molar-refractivity contribution in [1.82, 2.24) is 9.55 Å². The molecule has 0 saturated heterocycles. The van der Waals surface area contributed by atoms with Crippen LogP contribution in [0.5, 0.6) is 11.8 Å². The number of Topliss-reactive ketones (excluding diaryl/α,β-unsaturated/α-hetero) is 1. The number of ketones is 1. The number of aryl methyl sites for hydroxylation is 1. The van der Waals surface area contributed by atoms with Gasteiger partial charge >= 0.3 is 0 Å². The fourth-order valence-electron chi connectivity index (χ4n) is 4.36. The molecule has 0 aliphatic heterocycles. The molecule has 2 aliphatic rings. The summed E-state index contributed by atoms with van der Waals surface area (Å²) in [5.74, 6) is -0.858. The zero-order valence-electron chi connectivity index (χ0n) is 19.4. The van der Waals surface area contributed by atoms with Crippen LogP contribution in [0.15, 0.2) is 6.07 Å². The van der Waals surface area contributed by atoms with Crippen LogP contribution in [0.4, 0.5) is 4.39 Å². The van der Waals surface area contributed by atoms with E-state index in [4.69, 9.17) is 19.9 Å². The van der Waals surface area contributed by atoms with Crippen LogP contribution < -0.4 is 15.2 Å². The minimum atomic E-state index is -0.693. The van der Waals surface area contributed by atoms with Crippen LogP contribution in [-0.2, 0) is 16.6 Å². The number of imidazole rings is 1. The van der Waals surface area contributed by atoms with Gasteiger partial charge in [0, 0.05) is 20.1 Å². The highest BCUT2D eigenvalue weighted by atomic mass is 19.1. The number of aromatic nitrogens is 2. The van der Waals surface area contributed by atoms with Gasteiger partial charge in [-0.15, -0.1) is 0 Å². The summed E-state index contributed by atoms with van der Waals surface area (Å²) in [6.45, 7) is 4.18. The number of ether oxygens (including phenoxy) is 3. The molecule has 1 aromatic carbocycles. The molecule has 8 nitrogen and oxygen atoms in total. The van der Waals surface area contributed by atoms with Crippen molar-refractivity contribution in [2.45, 2.75) is 77.1 Å². The Hall–Kier alpha value is -2.68. The molecule has 0 unspecified atom stereocenters. The lowest BCUT2D eigenvalue weighted by atomic mass is 9.95. The maximum Gasteiger partial charge on any atom is 0.297 e. The van der Waals surface area contributed by atoms with Gasteiger partial charge in [-0.2, -0.15) is 4.98 Å². The van der Waals surface area contributed by atoms with E-state index in [1.165, 1.54) is 10.6 Å².